The first kappa shape index (κ1) is 29.2. The van der Waals surface area contributed by atoms with E-state index >= 15 is 0 Å². The van der Waals surface area contributed by atoms with Crippen molar-refractivity contribution in [2.45, 2.75) is 58.7 Å². The van der Waals surface area contributed by atoms with Crippen molar-refractivity contribution >= 4 is 22.6 Å². The number of carbonyl (C=O) groups excluding carboxylic acids is 1. The van der Waals surface area contributed by atoms with Crippen molar-refractivity contribution in [2.75, 3.05) is 18.6 Å². The topological polar surface area (TPSA) is 69.0 Å². The monoisotopic (exact) mass is 579 g/mol. The molecule has 220 valence electrons. The van der Waals surface area contributed by atoms with E-state index in [1.807, 2.05) is 13.8 Å². The van der Waals surface area contributed by atoms with E-state index in [0.717, 1.165) is 48.9 Å². The van der Waals surface area contributed by atoms with Gasteiger partial charge in [0.2, 0.25) is 5.76 Å². The van der Waals surface area contributed by atoms with E-state index in [1.165, 1.54) is 24.1 Å². The molecule has 2 heterocycles. The van der Waals surface area contributed by atoms with Crippen molar-refractivity contribution in [2.24, 2.45) is 0 Å². The molecule has 6 nitrogen and oxygen atoms in total. The number of carbonyl (C=O) groups is 1. The lowest BCUT2D eigenvalue weighted by Gasteiger charge is -2.26. The Bertz CT molecular complexity index is 1710. The summed E-state index contributed by atoms with van der Waals surface area (Å²) in [6, 6.07) is 11.9. The predicted octanol–water partition coefficient (Wildman–Crippen LogP) is 8.15. The summed E-state index contributed by atoms with van der Waals surface area (Å²) in [7, 11) is 1.48. The number of amides is 1. The summed E-state index contributed by atoms with van der Waals surface area (Å²) in [4.78, 5) is 29.1. The van der Waals surface area contributed by atoms with Crippen LogP contribution in [0.4, 0.5) is 18.9 Å². The maximum atomic E-state index is 14.0. The van der Waals surface area contributed by atoms with Gasteiger partial charge >= 0.3 is 6.18 Å². The number of hydrogen-bond donors (Lipinski definition) is 0. The van der Waals surface area contributed by atoms with Crippen LogP contribution in [-0.2, 0) is 6.18 Å². The van der Waals surface area contributed by atoms with Gasteiger partial charge in [-0.05, 0) is 79.4 Å². The number of alkyl halides is 3. The molecule has 1 amide bonds. The number of anilines is 1. The number of fused-ring (bicyclic) bond motifs is 2. The van der Waals surface area contributed by atoms with E-state index in [-0.39, 0.29) is 22.6 Å². The van der Waals surface area contributed by atoms with Crippen LogP contribution < -0.4 is 19.8 Å². The minimum Gasteiger partial charge on any atom is -0.493 e. The van der Waals surface area contributed by atoms with Crippen molar-refractivity contribution in [1.82, 2.24) is 0 Å². The van der Waals surface area contributed by atoms with Gasteiger partial charge in [0.25, 0.3) is 5.91 Å². The molecule has 42 heavy (non-hydrogen) atoms. The van der Waals surface area contributed by atoms with E-state index in [1.54, 1.807) is 30.3 Å². The second-order valence-electron chi connectivity index (χ2n) is 10.6. The number of rotatable bonds is 9. The van der Waals surface area contributed by atoms with Gasteiger partial charge in [0.15, 0.2) is 16.9 Å². The molecule has 5 rings (SSSR count). The predicted molar refractivity (Wildman–Crippen MR) is 155 cm³/mol. The van der Waals surface area contributed by atoms with Crippen LogP contribution in [0, 0.1) is 13.8 Å². The summed E-state index contributed by atoms with van der Waals surface area (Å²) in [6.07, 6.45) is -0.509. The molecule has 3 aromatic carbocycles. The van der Waals surface area contributed by atoms with Crippen molar-refractivity contribution < 1.29 is 31.9 Å². The Labute approximate surface area is 241 Å². The lowest BCUT2D eigenvalue weighted by molar-refractivity contribution is -0.137. The Kier molecular flexibility index (Phi) is 8.03. The second kappa shape index (κ2) is 11.5. The third-order valence-corrected chi connectivity index (χ3v) is 7.70. The van der Waals surface area contributed by atoms with Crippen LogP contribution in [0.3, 0.4) is 0 Å². The van der Waals surface area contributed by atoms with E-state index in [4.69, 9.17) is 13.9 Å². The van der Waals surface area contributed by atoms with Crippen LogP contribution in [0.1, 0.15) is 77.0 Å². The van der Waals surface area contributed by atoms with E-state index < -0.39 is 29.1 Å². The number of aryl methyl sites for hydroxylation is 2. The van der Waals surface area contributed by atoms with Crippen molar-refractivity contribution in [3.63, 3.8) is 0 Å². The smallest absolute Gasteiger partial charge is 0.416 e. The molecule has 1 atom stereocenters. The van der Waals surface area contributed by atoms with Crippen LogP contribution in [0.2, 0.25) is 0 Å². The third kappa shape index (κ3) is 5.35. The zero-order valence-electron chi connectivity index (χ0n) is 23.9. The highest BCUT2D eigenvalue weighted by molar-refractivity contribution is 6.10. The van der Waals surface area contributed by atoms with Gasteiger partial charge in [-0.25, -0.2) is 0 Å². The number of methoxy groups -OCH3 is 1. The summed E-state index contributed by atoms with van der Waals surface area (Å²) < 4.78 is 58.6. The zero-order valence-corrected chi connectivity index (χ0v) is 23.9. The molecule has 1 unspecified atom stereocenters. The molecular weight excluding hydrogens is 547 g/mol. The fraction of sp³-hybridized carbons (Fsp3) is 0.333. The minimum atomic E-state index is -4.63. The normalized spacial score (nSPS) is 14.9. The van der Waals surface area contributed by atoms with Crippen molar-refractivity contribution in [3.8, 4) is 11.5 Å². The molecule has 0 saturated heterocycles. The first-order valence-corrected chi connectivity index (χ1v) is 13.9. The molecule has 4 aromatic rings. The summed E-state index contributed by atoms with van der Waals surface area (Å²) >= 11 is 0. The molecular formula is C33H32F3NO5. The number of unbranched alkanes of at least 4 members (excludes halogenated alkanes) is 3. The molecule has 0 aliphatic carbocycles. The SMILES string of the molecule is CCCCCCOc1ccc(C2c3c(oc4cc(C)c(C)cc4c3=O)C(=O)N2c2cccc(C(F)(F)F)c2)cc1OC. The average molecular weight is 580 g/mol. The maximum absolute atomic E-state index is 14.0. The molecule has 0 bridgehead atoms. The molecule has 0 spiro atoms. The van der Waals surface area contributed by atoms with Gasteiger partial charge in [-0.3, -0.25) is 14.5 Å². The fourth-order valence-corrected chi connectivity index (χ4v) is 5.33. The summed E-state index contributed by atoms with van der Waals surface area (Å²) in [5.74, 6) is -0.0377. The number of ether oxygens (including phenoxy) is 2. The molecule has 0 saturated carbocycles. The summed E-state index contributed by atoms with van der Waals surface area (Å²) in [5, 5.41) is 0.291. The second-order valence-corrected chi connectivity index (χ2v) is 10.6. The molecule has 0 radical (unpaired) electrons. The Morgan fingerprint density at radius 3 is 2.40 bits per heavy atom. The highest BCUT2D eigenvalue weighted by Gasteiger charge is 2.44. The van der Waals surface area contributed by atoms with Crippen molar-refractivity contribution in [3.05, 3.63) is 98.4 Å². The first-order chi connectivity index (χ1) is 20.0. The molecule has 1 aliphatic rings. The highest BCUT2D eigenvalue weighted by atomic mass is 19.4. The average Bonchev–Trinajstić information content (AvgIpc) is 3.26. The van der Waals surface area contributed by atoms with Crippen LogP contribution in [0.25, 0.3) is 11.0 Å². The van der Waals surface area contributed by atoms with Gasteiger partial charge in [-0.1, -0.05) is 38.3 Å². The van der Waals surface area contributed by atoms with Crippen LogP contribution in [0.5, 0.6) is 11.5 Å². The van der Waals surface area contributed by atoms with E-state index in [9.17, 15) is 22.8 Å². The van der Waals surface area contributed by atoms with Gasteiger partial charge in [-0.15, -0.1) is 0 Å². The van der Waals surface area contributed by atoms with Gasteiger partial charge < -0.3 is 13.9 Å². The molecule has 1 aliphatic heterocycles. The van der Waals surface area contributed by atoms with Crippen LogP contribution >= 0.6 is 0 Å². The van der Waals surface area contributed by atoms with Gasteiger partial charge in [0.1, 0.15) is 5.58 Å². The van der Waals surface area contributed by atoms with Crippen LogP contribution in [0.15, 0.2) is 63.8 Å². The quantitative estimate of drug-likeness (QED) is 0.187. The molecule has 1 aromatic heterocycles. The molecule has 9 heteroatoms. The zero-order chi connectivity index (χ0) is 30.2. The Morgan fingerprint density at radius 1 is 0.929 bits per heavy atom. The number of hydrogen-bond acceptors (Lipinski definition) is 5. The lowest BCUT2D eigenvalue weighted by atomic mass is 9.96. The number of halogens is 3. The summed E-state index contributed by atoms with van der Waals surface area (Å²) in [6.45, 7) is 6.35. The standard InChI is InChI=1S/C33H32F3NO5/c1-5-6-7-8-14-41-25-13-12-21(17-27(25)40-4)29-28-30(38)24-15-19(2)20(3)16-26(24)42-31(28)32(39)37(29)23-11-9-10-22(18-23)33(34,35)36/h9-13,15-18,29H,5-8,14H2,1-4H3. The maximum Gasteiger partial charge on any atom is 0.416 e. The molecule has 0 N–H and O–H groups in total. The van der Waals surface area contributed by atoms with E-state index in [2.05, 4.69) is 6.92 Å². The summed E-state index contributed by atoms with van der Waals surface area (Å²) in [5.41, 5.74) is 1.15. The lowest BCUT2D eigenvalue weighted by Crippen LogP contribution is -2.29. The largest absolute Gasteiger partial charge is 0.493 e. The Hall–Kier alpha value is -4.27. The van der Waals surface area contributed by atoms with Crippen LogP contribution in [-0.4, -0.2) is 19.6 Å². The fourth-order valence-electron chi connectivity index (χ4n) is 5.33. The van der Waals surface area contributed by atoms with Gasteiger partial charge in [0, 0.05) is 5.69 Å². The Balaban J connectivity index is 1.67. The van der Waals surface area contributed by atoms with E-state index in [0.29, 0.717) is 29.1 Å². The van der Waals surface area contributed by atoms with Crippen molar-refractivity contribution in [1.29, 1.82) is 0 Å². The molecule has 0 fully saturated rings. The third-order valence-electron chi connectivity index (χ3n) is 7.70. The first-order valence-electron chi connectivity index (χ1n) is 13.9. The number of nitrogens with zero attached hydrogens (tertiary/aromatic N) is 1. The highest BCUT2D eigenvalue weighted by Crippen LogP contribution is 2.44. The minimum absolute atomic E-state index is 0.0164. The van der Waals surface area contributed by atoms with Gasteiger partial charge in [-0.2, -0.15) is 13.2 Å². The van der Waals surface area contributed by atoms with Gasteiger partial charge in [0.05, 0.1) is 36.3 Å². The Morgan fingerprint density at radius 2 is 1.69 bits per heavy atom. The number of benzene rings is 3.